The number of hydrogen-bond donors (Lipinski definition) is 1. The van der Waals surface area contributed by atoms with E-state index >= 15 is 0 Å². The van der Waals surface area contributed by atoms with Crippen LogP contribution in [-0.4, -0.2) is 32.0 Å². The molecular formula is C18H18IN3OS. The number of halogens is 1. The number of amidine groups is 1. The highest BCUT2D eigenvalue weighted by Crippen LogP contribution is 2.48. The van der Waals surface area contributed by atoms with Gasteiger partial charge in [-0.2, -0.15) is 0 Å². The number of phenols is 1. The van der Waals surface area contributed by atoms with Gasteiger partial charge in [0.15, 0.2) is 5.17 Å². The van der Waals surface area contributed by atoms with Gasteiger partial charge >= 0.3 is 0 Å². The fourth-order valence-corrected chi connectivity index (χ4v) is 5.29. The molecule has 124 valence electrons. The number of phenolic OH excluding ortho intramolecular Hbond substituents is 1. The second-order valence-corrected chi connectivity index (χ2v) is 8.20. The molecule has 2 aromatic rings. The lowest BCUT2D eigenvalue weighted by molar-refractivity contribution is 0.255. The highest BCUT2D eigenvalue weighted by atomic mass is 127. The van der Waals surface area contributed by atoms with Gasteiger partial charge in [-0.1, -0.05) is 30.8 Å². The molecule has 1 N–H and O–H groups in total. The van der Waals surface area contributed by atoms with Crippen LogP contribution in [0.25, 0.3) is 0 Å². The van der Waals surface area contributed by atoms with Gasteiger partial charge in [0.2, 0.25) is 0 Å². The van der Waals surface area contributed by atoms with Crippen molar-refractivity contribution >= 4 is 39.5 Å². The van der Waals surface area contributed by atoms with Crippen LogP contribution in [0.4, 0.5) is 0 Å². The Kier molecular flexibility index (Phi) is 4.42. The van der Waals surface area contributed by atoms with Crippen molar-refractivity contribution in [3.05, 3.63) is 57.4 Å². The number of hydrogen-bond acceptors (Lipinski definition) is 5. The number of aromatic hydroxyl groups is 1. The standard InChI is InChI=1S/C18H18IN3OS/c1-2-12-10-24-18-21-16(14-5-3-4-8-20-14)17(22(12)18)11-6-7-15(23)13(19)9-11/h3-9,12,16-17,23H,2,10H2,1H3/t12-,16+,17+/m1/s1. The predicted molar refractivity (Wildman–Crippen MR) is 106 cm³/mol. The monoisotopic (exact) mass is 451 g/mol. The normalized spacial score (nSPS) is 25.7. The summed E-state index contributed by atoms with van der Waals surface area (Å²) in [5, 5.41) is 11.0. The van der Waals surface area contributed by atoms with E-state index in [0.717, 1.165) is 26.6 Å². The molecule has 0 spiro atoms. The van der Waals surface area contributed by atoms with E-state index in [4.69, 9.17) is 4.99 Å². The quantitative estimate of drug-likeness (QED) is 0.705. The summed E-state index contributed by atoms with van der Waals surface area (Å²) in [4.78, 5) is 12.0. The summed E-state index contributed by atoms with van der Waals surface area (Å²) in [5.41, 5.74) is 2.19. The van der Waals surface area contributed by atoms with E-state index < -0.39 is 0 Å². The first-order valence-corrected chi connectivity index (χ1v) is 10.1. The summed E-state index contributed by atoms with van der Waals surface area (Å²) in [6.07, 6.45) is 2.94. The van der Waals surface area contributed by atoms with Crippen molar-refractivity contribution < 1.29 is 5.11 Å². The van der Waals surface area contributed by atoms with Gasteiger partial charge in [-0.25, -0.2) is 0 Å². The Morgan fingerprint density at radius 3 is 2.92 bits per heavy atom. The summed E-state index contributed by atoms with van der Waals surface area (Å²) < 4.78 is 0.873. The predicted octanol–water partition coefficient (Wildman–Crippen LogP) is 4.37. The largest absolute Gasteiger partial charge is 0.507 e. The Morgan fingerprint density at radius 2 is 2.21 bits per heavy atom. The molecule has 1 fully saturated rings. The molecule has 0 saturated carbocycles. The first-order chi connectivity index (χ1) is 11.7. The third-order valence-corrected chi connectivity index (χ3v) is 6.63. The second-order valence-electron chi connectivity index (χ2n) is 6.05. The van der Waals surface area contributed by atoms with Crippen molar-refractivity contribution in [3.8, 4) is 5.75 Å². The molecule has 1 aromatic carbocycles. The van der Waals surface area contributed by atoms with Gasteiger partial charge in [0.05, 0.1) is 15.3 Å². The van der Waals surface area contributed by atoms with Gasteiger partial charge in [0, 0.05) is 18.0 Å². The van der Waals surface area contributed by atoms with E-state index in [-0.39, 0.29) is 12.1 Å². The SMILES string of the molecule is CC[C@@H]1CSC2=N[C@@H](c3ccccn3)[C@H](c3ccc(O)c(I)c3)N21. The number of aromatic nitrogens is 1. The number of rotatable bonds is 3. The maximum absolute atomic E-state index is 9.89. The maximum Gasteiger partial charge on any atom is 0.160 e. The van der Waals surface area contributed by atoms with Crippen molar-refractivity contribution in [2.75, 3.05) is 5.75 Å². The zero-order chi connectivity index (χ0) is 16.7. The fraction of sp³-hybridized carbons (Fsp3) is 0.333. The molecule has 1 saturated heterocycles. The van der Waals surface area contributed by atoms with Crippen molar-refractivity contribution in [2.24, 2.45) is 4.99 Å². The lowest BCUT2D eigenvalue weighted by Gasteiger charge is -2.32. The number of benzene rings is 1. The molecule has 6 heteroatoms. The van der Waals surface area contributed by atoms with Crippen LogP contribution in [0.1, 0.15) is 36.7 Å². The molecule has 1 aromatic heterocycles. The molecule has 3 atom stereocenters. The zero-order valence-electron chi connectivity index (χ0n) is 13.3. The molecule has 2 aliphatic rings. The molecule has 4 nitrogen and oxygen atoms in total. The molecular weight excluding hydrogens is 433 g/mol. The Hall–Kier alpha value is -1.28. The summed E-state index contributed by atoms with van der Waals surface area (Å²) in [5.74, 6) is 1.42. The van der Waals surface area contributed by atoms with Crippen LogP contribution < -0.4 is 0 Å². The number of thioether (sulfide) groups is 1. The van der Waals surface area contributed by atoms with Crippen LogP contribution in [0, 0.1) is 3.57 Å². The number of nitrogens with zero attached hydrogens (tertiary/aromatic N) is 3. The van der Waals surface area contributed by atoms with Crippen LogP contribution in [-0.2, 0) is 0 Å². The first kappa shape index (κ1) is 16.2. The van der Waals surface area contributed by atoms with Gasteiger partial charge in [-0.05, 0) is 58.8 Å². The summed E-state index contributed by atoms with van der Waals surface area (Å²) in [6, 6.07) is 12.5. The van der Waals surface area contributed by atoms with E-state index in [1.807, 2.05) is 36.2 Å². The lowest BCUT2D eigenvalue weighted by atomic mass is 9.95. The molecule has 4 rings (SSSR count). The van der Waals surface area contributed by atoms with Crippen LogP contribution in [0.3, 0.4) is 0 Å². The van der Waals surface area contributed by atoms with Crippen molar-refractivity contribution in [2.45, 2.75) is 31.5 Å². The van der Waals surface area contributed by atoms with Crippen LogP contribution in [0.15, 0.2) is 47.6 Å². The topological polar surface area (TPSA) is 48.7 Å². The van der Waals surface area contributed by atoms with Gasteiger partial charge < -0.3 is 10.0 Å². The van der Waals surface area contributed by atoms with Crippen LogP contribution in [0.2, 0.25) is 0 Å². The highest BCUT2D eigenvalue weighted by molar-refractivity contribution is 14.1. The van der Waals surface area contributed by atoms with E-state index in [0.29, 0.717) is 11.8 Å². The Balaban J connectivity index is 1.80. The van der Waals surface area contributed by atoms with Crippen molar-refractivity contribution in [1.29, 1.82) is 0 Å². The van der Waals surface area contributed by atoms with Gasteiger partial charge in [-0.15, -0.1) is 0 Å². The highest BCUT2D eigenvalue weighted by Gasteiger charge is 2.45. The molecule has 0 radical (unpaired) electrons. The molecule has 0 aliphatic carbocycles. The molecule has 2 aliphatic heterocycles. The van der Waals surface area contributed by atoms with Crippen molar-refractivity contribution in [1.82, 2.24) is 9.88 Å². The Labute approximate surface area is 159 Å². The van der Waals surface area contributed by atoms with Gasteiger partial charge in [-0.3, -0.25) is 9.98 Å². The summed E-state index contributed by atoms with van der Waals surface area (Å²) in [6.45, 7) is 2.24. The Bertz CT molecular complexity index is 783. The maximum atomic E-state index is 9.89. The second kappa shape index (κ2) is 6.55. The number of aliphatic imine (C=N–C) groups is 1. The number of fused-ring (bicyclic) bond motifs is 1. The fourth-order valence-electron chi connectivity index (χ4n) is 3.42. The average Bonchev–Trinajstić information content (AvgIpc) is 3.17. The van der Waals surface area contributed by atoms with Gasteiger partial charge in [0.1, 0.15) is 11.8 Å². The molecule has 24 heavy (non-hydrogen) atoms. The zero-order valence-corrected chi connectivity index (χ0v) is 16.2. The third-order valence-electron chi connectivity index (χ3n) is 4.64. The smallest absolute Gasteiger partial charge is 0.160 e. The average molecular weight is 451 g/mol. The molecule has 0 unspecified atom stereocenters. The van der Waals surface area contributed by atoms with Crippen LogP contribution in [0.5, 0.6) is 5.75 Å². The van der Waals surface area contributed by atoms with Crippen LogP contribution >= 0.6 is 34.4 Å². The van der Waals surface area contributed by atoms with E-state index in [2.05, 4.69) is 51.5 Å². The minimum atomic E-state index is 0.00314. The lowest BCUT2D eigenvalue weighted by Crippen LogP contribution is -2.35. The van der Waals surface area contributed by atoms with E-state index in [1.54, 1.807) is 6.07 Å². The minimum Gasteiger partial charge on any atom is -0.507 e. The first-order valence-electron chi connectivity index (χ1n) is 8.07. The molecule has 0 amide bonds. The molecule has 3 heterocycles. The summed E-state index contributed by atoms with van der Waals surface area (Å²) in [7, 11) is 0. The third kappa shape index (κ3) is 2.69. The van der Waals surface area contributed by atoms with Crippen molar-refractivity contribution in [3.63, 3.8) is 0 Å². The molecule has 0 bridgehead atoms. The number of pyridine rings is 1. The Morgan fingerprint density at radius 1 is 1.33 bits per heavy atom. The summed E-state index contributed by atoms with van der Waals surface area (Å²) >= 11 is 4.03. The van der Waals surface area contributed by atoms with Gasteiger partial charge in [0.25, 0.3) is 0 Å². The van der Waals surface area contributed by atoms with E-state index in [1.165, 1.54) is 5.56 Å². The minimum absolute atomic E-state index is 0.00314. The van der Waals surface area contributed by atoms with E-state index in [9.17, 15) is 5.11 Å².